The number of benzene rings is 2. The number of fused-ring (bicyclic) bond motifs is 2. The number of aryl methyl sites for hydroxylation is 1. The second-order valence-electron chi connectivity index (χ2n) is 10.2. The molecule has 1 aliphatic carbocycles. The van der Waals surface area contributed by atoms with Crippen molar-refractivity contribution in [3.05, 3.63) is 74.6 Å². The van der Waals surface area contributed by atoms with Gasteiger partial charge in [0.25, 0.3) is 0 Å². The molecule has 1 aromatic heterocycles. The number of piperidine rings is 1. The zero-order valence-electron chi connectivity index (χ0n) is 20.6. The highest BCUT2D eigenvalue weighted by molar-refractivity contribution is 6.30. The standard InChI is InChI=1S/C29H32ClNO5/c1-19-24-10-9-23(35-18-20-5-7-22(30)8-6-20)16-26(24)36-28(33)25(19)11-12-27(32)31-15-14-29(34)13-3-2-4-21(29)17-31/h5-10,16,21,34H,2-4,11-15,17-18H2,1H3/t21-,29-/m0/s1. The van der Waals surface area contributed by atoms with Crippen LogP contribution in [0.2, 0.25) is 5.02 Å². The summed E-state index contributed by atoms with van der Waals surface area (Å²) < 4.78 is 11.5. The van der Waals surface area contributed by atoms with Crippen LogP contribution in [0, 0.1) is 12.8 Å². The minimum atomic E-state index is -0.609. The lowest BCUT2D eigenvalue weighted by Crippen LogP contribution is -2.54. The maximum Gasteiger partial charge on any atom is 0.339 e. The molecule has 1 aliphatic heterocycles. The molecular formula is C29H32ClNO5. The minimum Gasteiger partial charge on any atom is -0.489 e. The fourth-order valence-corrected chi connectivity index (χ4v) is 5.81. The average Bonchev–Trinajstić information content (AvgIpc) is 2.87. The number of carbonyl (C=O) groups excluding carboxylic acids is 1. The predicted octanol–water partition coefficient (Wildman–Crippen LogP) is 5.42. The van der Waals surface area contributed by atoms with Gasteiger partial charge in [-0.05, 0) is 68.0 Å². The number of amides is 1. The fraction of sp³-hybridized carbons (Fsp3) is 0.448. The lowest BCUT2D eigenvalue weighted by atomic mass is 9.71. The molecule has 6 nitrogen and oxygen atoms in total. The van der Waals surface area contributed by atoms with Crippen LogP contribution in [0.3, 0.4) is 0 Å². The van der Waals surface area contributed by atoms with Gasteiger partial charge in [-0.2, -0.15) is 0 Å². The van der Waals surface area contributed by atoms with E-state index in [1.165, 1.54) is 0 Å². The third-order valence-electron chi connectivity index (χ3n) is 7.95. The topological polar surface area (TPSA) is 80.0 Å². The molecule has 3 aromatic rings. The molecule has 1 N–H and O–H groups in total. The maximum absolute atomic E-state index is 13.0. The maximum atomic E-state index is 13.0. The van der Waals surface area contributed by atoms with Crippen LogP contribution in [0.15, 0.2) is 51.7 Å². The summed E-state index contributed by atoms with van der Waals surface area (Å²) in [5, 5.41) is 12.4. The summed E-state index contributed by atoms with van der Waals surface area (Å²) in [6.07, 6.45) is 5.22. The first-order valence-electron chi connectivity index (χ1n) is 12.8. The highest BCUT2D eigenvalue weighted by Crippen LogP contribution is 2.40. The van der Waals surface area contributed by atoms with Gasteiger partial charge in [0.15, 0.2) is 0 Å². The Hall–Kier alpha value is -2.83. The molecule has 0 spiro atoms. The normalized spacial score (nSPS) is 21.9. The van der Waals surface area contributed by atoms with Crippen molar-refractivity contribution in [2.45, 2.75) is 64.1 Å². The summed E-state index contributed by atoms with van der Waals surface area (Å²) in [7, 11) is 0. The van der Waals surface area contributed by atoms with Gasteiger partial charge < -0.3 is 19.2 Å². The molecule has 2 heterocycles. The van der Waals surface area contributed by atoms with Crippen LogP contribution in [-0.4, -0.2) is 34.6 Å². The predicted molar refractivity (Wildman–Crippen MR) is 139 cm³/mol. The molecule has 5 rings (SSSR count). The Morgan fingerprint density at radius 2 is 2.00 bits per heavy atom. The fourth-order valence-electron chi connectivity index (χ4n) is 5.69. The van der Waals surface area contributed by atoms with Crippen molar-refractivity contribution in [2.24, 2.45) is 5.92 Å². The van der Waals surface area contributed by atoms with E-state index in [9.17, 15) is 14.7 Å². The minimum absolute atomic E-state index is 0.0347. The first kappa shape index (κ1) is 24.8. The molecule has 36 heavy (non-hydrogen) atoms. The van der Waals surface area contributed by atoms with E-state index in [2.05, 4.69) is 0 Å². The van der Waals surface area contributed by atoms with Crippen LogP contribution >= 0.6 is 11.6 Å². The molecule has 2 aliphatic rings. The lowest BCUT2D eigenvalue weighted by Gasteiger charge is -2.47. The van der Waals surface area contributed by atoms with Gasteiger partial charge in [0.1, 0.15) is 17.9 Å². The van der Waals surface area contributed by atoms with Crippen molar-refractivity contribution < 1.29 is 19.1 Å². The second kappa shape index (κ2) is 10.3. The van der Waals surface area contributed by atoms with E-state index in [4.69, 9.17) is 20.8 Å². The summed E-state index contributed by atoms with van der Waals surface area (Å²) in [5.41, 5.74) is 1.80. The Balaban J connectivity index is 1.25. The number of aliphatic hydroxyl groups is 1. The van der Waals surface area contributed by atoms with Crippen molar-refractivity contribution in [1.29, 1.82) is 0 Å². The van der Waals surface area contributed by atoms with Crippen molar-refractivity contribution in [1.82, 2.24) is 4.90 Å². The van der Waals surface area contributed by atoms with Crippen LogP contribution < -0.4 is 10.4 Å². The molecule has 190 valence electrons. The van der Waals surface area contributed by atoms with Crippen molar-refractivity contribution in [2.75, 3.05) is 13.1 Å². The molecule has 0 radical (unpaired) electrons. The summed E-state index contributed by atoms with van der Waals surface area (Å²) in [5.74, 6) is 0.802. The van der Waals surface area contributed by atoms with E-state index in [0.29, 0.717) is 54.5 Å². The van der Waals surface area contributed by atoms with E-state index >= 15 is 0 Å². The number of hydrogen-bond acceptors (Lipinski definition) is 5. The van der Waals surface area contributed by atoms with Gasteiger partial charge in [-0.3, -0.25) is 4.79 Å². The molecule has 2 atom stereocenters. The smallest absolute Gasteiger partial charge is 0.339 e. The first-order valence-corrected chi connectivity index (χ1v) is 13.1. The van der Waals surface area contributed by atoms with Gasteiger partial charge >= 0.3 is 5.63 Å². The zero-order chi connectivity index (χ0) is 25.3. The number of hydrogen-bond donors (Lipinski definition) is 1. The number of carbonyl (C=O) groups is 1. The summed E-state index contributed by atoms with van der Waals surface area (Å²) in [6, 6.07) is 12.9. The first-order chi connectivity index (χ1) is 17.3. The number of rotatable bonds is 6. The third kappa shape index (κ3) is 5.16. The van der Waals surface area contributed by atoms with Gasteiger partial charge in [0.2, 0.25) is 5.91 Å². The van der Waals surface area contributed by atoms with Gasteiger partial charge in [-0.15, -0.1) is 0 Å². The Kier molecular flexibility index (Phi) is 7.09. The van der Waals surface area contributed by atoms with Crippen molar-refractivity contribution in [3.63, 3.8) is 0 Å². The van der Waals surface area contributed by atoms with Gasteiger partial charge in [-0.25, -0.2) is 4.79 Å². The molecule has 1 amide bonds. The quantitative estimate of drug-likeness (QED) is 0.449. The van der Waals surface area contributed by atoms with Gasteiger partial charge in [0, 0.05) is 47.5 Å². The highest BCUT2D eigenvalue weighted by Gasteiger charge is 2.43. The van der Waals surface area contributed by atoms with E-state index in [0.717, 1.165) is 42.2 Å². The van der Waals surface area contributed by atoms with E-state index < -0.39 is 11.2 Å². The summed E-state index contributed by atoms with van der Waals surface area (Å²) in [6.45, 7) is 3.46. The third-order valence-corrected chi connectivity index (χ3v) is 8.20. The average molecular weight is 510 g/mol. The Morgan fingerprint density at radius 3 is 2.81 bits per heavy atom. The molecule has 7 heteroatoms. The van der Waals surface area contributed by atoms with E-state index in [1.54, 1.807) is 6.07 Å². The Labute approximate surface area is 215 Å². The Bertz CT molecular complexity index is 1320. The highest BCUT2D eigenvalue weighted by atomic mass is 35.5. The molecular weight excluding hydrogens is 478 g/mol. The zero-order valence-corrected chi connectivity index (χ0v) is 21.4. The van der Waals surface area contributed by atoms with Gasteiger partial charge in [-0.1, -0.05) is 36.6 Å². The Morgan fingerprint density at radius 1 is 1.19 bits per heavy atom. The monoisotopic (exact) mass is 509 g/mol. The van der Waals surface area contributed by atoms with E-state index in [-0.39, 0.29) is 18.2 Å². The van der Waals surface area contributed by atoms with Crippen LogP contribution in [0.25, 0.3) is 11.0 Å². The van der Waals surface area contributed by atoms with Crippen LogP contribution in [-0.2, 0) is 17.8 Å². The van der Waals surface area contributed by atoms with Crippen LogP contribution in [0.5, 0.6) is 5.75 Å². The molecule has 1 saturated heterocycles. The number of nitrogens with zero attached hydrogens (tertiary/aromatic N) is 1. The molecule has 0 unspecified atom stereocenters. The molecule has 0 bridgehead atoms. The van der Waals surface area contributed by atoms with E-state index in [1.807, 2.05) is 48.2 Å². The molecule has 1 saturated carbocycles. The summed E-state index contributed by atoms with van der Waals surface area (Å²) in [4.78, 5) is 27.7. The molecule has 2 fully saturated rings. The molecule has 2 aromatic carbocycles. The van der Waals surface area contributed by atoms with Crippen molar-refractivity contribution >= 4 is 28.5 Å². The summed E-state index contributed by atoms with van der Waals surface area (Å²) >= 11 is 5.93. The SMILES string of the molecule is Cc1c(CCC(=O)N2CC[C@@]3(O)CCCC[C@H]3C2)c(=O)oc2cc(OCc3ccc(Cl)cc3)ccc12. The number of halogens is 1. The lowest BCUT2D eigenvalue weighted by molar-refractivity contribution is -0.143. The van der Waals surface area contributed by atoms with Crippen molar-refractivity contribution in [3.8, 4) is 5.75 Å². The second-order valence-corrected chi connectivity index (χ2v) is 10.6. The van der Waals surface area contributed by atoms with Crippen LogP contribution in [0.4, 0.5) is 0 Å². The van der Waals surface area contributed by atoms with Crippen LogP contribution in [0.1, 0.15) is 55.2 Å². The largest absolute Gasteiger partial charge is 0.489 e. The number of ether oxygens (including phenoxy) is 1. The van der Waals surface area contributed by atoms with Gasteiger partial charge in [0.05, 0.1) is 5.60 Å². The number of likely N-dealkylation sites (tertiary alicyclic amines) is 1.